The number of rotatable bonds is 6. The van der Waals surface area contributed by atoms with E-state index in [2.05, 4.69) is 0 Å². The molecule has 0 bridgehead atoms. The molecule has 18 heavy (non-hydrogen) atoms. The van der Waals surface area contributed by atoms with Gasteiger partial charge in [-0.15, -0.1) is 0 Å². The lowest BCUT2D eigenvalue weighted by Gasteiger charge is -2.16. The molecular formula is C13H17F2NO2. The van der Waals surface area contributed by atoms with Crippen LogP contribution in [-0.4, -0.2) is 17.6 Å². The van der Waals surface area contributed by atoms with Crippen molar-refractivity contribution in [3.05, 3.63) is 35.4 Å². The van der Waals surface area contributed by atoms with Gasteiger partial charge in [0.15, 0.2) is 0 Å². The summed E-state index contributed by atoms with van der Waals surface area (Å²) in [6, 6.07) is 3.28. The summed E-state index contributed by atoms with van der Waals surface area (Å²) in [7, 11) is 0. The van der Waals surface area contributed by atoms with Gasteiger partial charge in [-0.1, -0.05) is 6.92 Å². The van der Waals surface area contributed by atoms with E-state index in [-0.39, 0.29) is 18.0 Å². The SMILES string of the molecule is CC(Cc1cc(F)ccc1F)CC(CN)C(=O)O. The summed E-state index contributed by atoms with van der Waals surface area (Å²) in [5.74, 6) is -2.64. The second kappa shape index (κ2) is 6.44. The summed E-state index contributed by atoms with van der Waals surface area (Å²) < 4.78 is 26.4. The van der Waals surface area contributed by atoms with Crippen LogP contribution in [0.2, 0.25) is 0 Å². The molecule has 0 saturated heterocycles. The van der Waals surface area contributed by atoms with E-state index in [0.29, 0.717) is 12.8 Å². The fraction of sp³-hybridized carbons (Fsp3) is 0.462. The maximum absolute atomic E-state index is 13.4. The molecule has 0 fully saturated rings. The average molecular weight is 257 g/mol. The highest BCUT2D eigenvalue weighted by molar-refractivity contribution is 5.70. The quantitative estimate of drug-likeness (QED) is 0.821. The summed E-state index contributed by atoms with van der Waals surface area (Å²) in [5.41, 5.74) is 5.62. The van der Waals surface area contributed by atoms with Crippen molar-refractivity contribution < 1.29 is 18.7 Å². The highest BCUT2D eigenvalue weighted by Crippen LogP contribution is 2.19. The van der Waals surface area contributed by atoms with Gasteiger partial charge in [-0.2, -0.15) is 0 Å². The lowest BCUT2D eigenvalue weighted by Crippen LogP contribution is -2.25. The Morgan fingerprint density at radius 2 is 2.11 bits per heavy atom. The van der Waals surface area contributed by atoms with E-state index < -0.39 is 23.5 Å². The normalized spacial score (nSPS) is 14.2. The minimum atomic E-state index is -0.955. The summed E-state index contributed by atoms with van der Waals surface area (Å²) in [5, 5.41) is 8.87. The van der Waals surface area contributed by atoms with Gasteiger partial charge in [0.2, 0.25) is 0 Å². The van der Waals surface area contributed by atoms with Gasteiger partial charge in [0, 0.05) is 6.54 Å². The van der Waals surface area contributed by atoms with Crippen LogP contribution in [0.4, 0.5) is 8.78 Å². The third-order valence-electron chi connectivity index (χ3n) is 2.90. The number of aliphatic carboxylic acids is 1. The van der Waals surface area contributed by atoms with E-state index in [0.717, 1.165) is 18.2 Å². The van der Waals surface area contributed by atoms with Gasteiger partial charge >= 0.3 is 5.97 Å². The van der Waals surface area contributed by atoms with Crippen molar-refractivity contribution in [2.45, 2.75) is 19.8 Å². The van der Waals surface area contributed by atoms with E-state index in [1.165, 1.54) is 0 Å². The number of carboxylic acid groups (broad SMARTS) is 1. The Hall–Kier alpha value is -1.49. The second-order valence-electron chi connectivity index (χ2n) is 4.55. The molecule has 100 valence electrons. The molecule has 3 N–H and O–H groups in total. The van der Waals surface area contributed by atoms with E-state index in [4.69, 9.17) is 10.8 Å². The van der Waals surface area contributed by atoms with Gasteiger partial charge in [0.1, 0.15) is 11.6 Å². The fourth-order valence-corrected chi connectivity index (χ4v) is 1.94. The van der Waals surface area contributed by atoms with Gasteiger partial charge in [0.25, 0.3) is 0 Å². The molecule has 0 saturated carbocycles. The maximum atomic E-state index is 13.4. The van der Waals surface area contributed by atoms with Crippen molar-refractivity contribution in [1.82, 2.24) is 0 Å². The number of nitrogens with two attached hydrogens (primary N) is 1. The topological polar surface area (TPSA) is 63.3 Å². The van der Waals surface area contributed by atoms with Crippen LogP contribution in [0.1, 0.15) is 18.9 Å². The summed E-state index contributed by atoms with van der Waals surface area (Å²) in [6.07, 6.45) is 0.648. The number of benzene rings is 1. The van der Waals surface area contributed by atoms with Crippen molar-refractivity contribution in [3.8, 4) is 0 Å². The molecule has 2 atom stereocenters. The lowest BCUT2D eigenvalue weighted by molar-refractivity contribution is -0.141. The lowest BCUT2D eigenvalue weighted by atomic mass is 9.90. The fourth-order valence-electron chi connectivity index (χ4n) is 1.94. The van der Waals surface area contributed by atoms with Crippen molar-refractivity contribution in [2.75, 3.05) is 6.54 Å². The summed E-state index contributed by atoms with van der Waals surface area (Å²) in [6.45, 7) is 1.85. The molecule has 3 nitrogen and oxygen atoms in total. The van der Waals surface area contributed by atoms with Crippen LogP contribution in [-0.2, 0) is 11.2 Å². The predicted octanol–water partition coefficient (Wildman–Crippen LogP) is 2.19. The monoisotopic (exact) mass is 257 g/mol. The van der Waals surface area contributed by atoms with Crippen LogP contribution in [0, 0.1) is 23.5 Å². The Morgan fingerprint density at radius 3 is 2.67 bits per heavy atom. The largest absolute Gasteiger partial charge is 0.481 e. The molecule has 0 aliphatic carbocycles. The van der Waals surface area contributed by atoms with Crippen LogP contribution < -0.4 is 5.73 Å². The van der Waals surface area contributed by atoms with Crippen molar-refractivity contribution >= 4 is 5.97 Å². The van der Waals surface area contributed by atoms with Gasteiger partial charge in [-0.25, -0.2) is 8.78 Å². The minimum absolute atomic E-state index is 0.0469. The van der Waals surface area contributed by atoms with Crippen LogP contribution in [0.3, 0.4) is 0 Å². The van der Waals surface area contributed by atoms with Gasteiger partial charge in [0.05, 0.1) is 5.92 Å². The Kier molecular flexibility index (Phi) is 5.22. The van der Waals surface area contributed by atoms with Crippen molar-refractivity contribution in [2.24, 2.45) is 17.6 Å². The number of hydrogen-bond acceptors (Lipinski definition) is 2. The molecule has 1 aromatic rings. The molecule has 0 aliphatic rings. The van der Waals surface area contributed by atoms with E-state index >= 15 is 0 Å². The first-order valence-electron chi connectivity index (χ1n) is 5.80. The number of carbonyl (C=O) groups is 1. The van der Waals surface area contributed by atoms with Crippen molar-refractivity contribution in [1.29, 1.82) is 0 Å². The highest BCUT2D eigenvalue weighted by atomic mass is 19.1. The smallest absolute Gasteiger partial charge is 0.307 e. The first-order chi connectivity index (χ1) is 8.43. The average Bonchev–Trinajstić information content (AvgIpc) is 2.30. The molecule has 0 amide bonds. The standard InChI is InChI=1S/C13H17F2NO2/c1-8(5-10(7-16)13(17)18)4-9-6-11(14)2-3-12(9)15/h2-3,6,8,10H,4-5,7,16H2,1H3,(H,17,18). The summed E-state index contributed by atoms with van der Waals surface area (Å²) >= 11 is 0. The van der Waals surface area contributed by atoms with Crippen LogP contribution in [0.25, 0.3) is 0 Å². The van der Waals surface area contributed by atoms with E-state index in [1.54, 1.807) is 6.92 Å². The molecule has 0 aromatic heterocycles. The van der Waals surface area contributed by atoms with Crippen LogP contribution >= 0.6 is 0 Å². The Bertz CT molecular complexity index is 423. The van der Waals surface area contributed by atoms with Gasteiger partial charge < -0.3 is 10.8 Å². The third-order valence-corrected chi connectivity index (χ3v) is 2.90. The minimum Gasteiger partial charge on any atom is -0.481 e. The molecule has 5 heteroatoms. The molecule has 0 heterocycles. The Labute approximate surface area is 105 Å². The van der Waals surface area contributed by atoms with Gasteiger partial charge in [-0.05, 0) is 42.5 Å². The number of hydrogen-bond donors (Lipinski definition) is 2. The van der Waals surface area contributed by atoms with Crippen LogP contribution in [0.5, 0.6) is 0 Å². The molecule has 2 unspecified atom stereocenters. The summed E-state index contributed by atoms with van der Waals surface area (Å²) in [4.78, 5) is 10.8. The zero-order chi connectivity index (χ0) is 13.7. The zero-order valence-electron chi connectivity index (χ0n) is 10.2. The molecular weight excluding hydrogens is 240 g/mol. The van der Waals surface area contributed by atoms with Crippen LogP contribution in [0.15, 0.2) is 18.2 Å². The predicted molar refractivity (Wildman–Crippen MR) is 64.0 cm³/mol. The molecule has 0 radical (unpaired) electrons. The maximum Gasteiger partial charge on any atom is 0.307 e. The Balaban J connectivity index is 2.66. The second-order valence-corrected chi connectivity index (χ2v) is 4.55. The van der Waals surface area contributed by atoms with Crippen molar-refractivity contribution in [3.63, 3.8) is 0 Å². The van der Waals surface area contributed by atoms with E-state index in [1.807, 2.05) is 0 Å². The van der Waals surface area contributed by atoms with Gasteiger partial charge in [-0.3, -0.25) is 4.79 Å². The first-order valence-corrected chi connectivity index (χ1v) is 5.80. The number of carboxylic acids is 1. The molecule has 0 aliphatic heterocycles. The molecule has 1 rings (SSSR count). The molecule has 0 spiro atoms. The zero-order valence-corrected chi connectivity index (χ0v) is 10.2. The Morgan fingerprint density at radius 1 is 1.44 bits per heavy atom. The highest BCUT2D eigenvalue weighted by Gasteiger charge is 2.19. The number of halogens is 2. The third kappa shape index (κ3) is 4.07. The van der Waals surface area contributed by atoms with E-state index in [9.17, 15) is 13.6 Å². The first kappa shape index (κ1) is 14.6. The molecule has 1 aromatic carbocycles.